The van der Waals surface area contributed by atoms with Crippen LogP contribution in [0.15, 0.2) is 30.3 Å². The number of benzene rings is 1. The van der Waals surface area contributed by atoms with Gasteiger partial charge >= 0.3 is 0 Å². The van der Waals surface area contributed by atoms with Crippen molar-refractivity contribution in [1.82, 2.24) is 10.2 Å². The van der Waals surface area contributed by atoms with Gasteiger partial charge in [0.15, 0.2) is 0 Å². The molecule has 3 heteroatoms. The second-order valence-corrected chi connectivity index (χ2v) is 4.69. The number of hydrogen-bond donors (Lipinski definition) is 1. The maximum absolute atomic E-state index is 11.7. The third-order valence-electron chi connectivity index (χ3n) is 3.66. The maximum Gasteiger partial charge on any atom is 0.237 e. The second kappa shape index (κ2) is 3.91. The molecule has 0 aromatic heterocycles. The fraction of sp³-hybridized carbons (Fsp3) is 0.462. The first kappa shape index (κ1) is 9.85. The van der Waals surface area contributed by atoms with Crippen molar-refractivity contribution in [3.8, 4) is 0 Å². The molecule has 2 heterocycles. The highest BCUT2D eigenvalue weighted by atomic mass is 16.2. The summed E-state index contributed by atoms with van der Waals surface area (Å²) >= 11 is 0. The lowest BCUT2D eigenvalue weighted by Gasteiger charge is -2.21. The van der Waals surface area contributed by atoms with E-state index < -0.39 is 0 Å². The Morgan fingerprint density at radius 3 is 2.94 bits per heavy atom. The first-order valence-electron chi connectivity index (χ1n) is 5.90. The van der Waals surface area contributed by atoms with Gasteiger partial charge in [-0.05, 0) is 18.5 Å². The van der Waals surface area contributed by atoms with Crippen molar-refractivity contribution >= 4 is 5.91 Å². The highest BCUT2D eigenvalue weighted by Gasteiger charge is 2.43. The van der Waals surface area contributed by atoms with Crippen LogP contribution in [-0.4, -0.2) is 29.9 Å². The van der Waals surface area contributed by atoms with Gasteiger partial charge in [0.1, 0.15) is 0 Å². The second-order valence-electron chi connectivity index (χ2n) is 4.69. The van der Waals surface area contributed by atoms with Crippen LogP contribution >= 0.6 is 0 Å². The molecule has 3 nitrogen and oxygen atoms in total. The summed E-state index contributed by atoms with van der Waals surface area (Å²) in [7, 11) is 0. The summed E-state index contributed by atoms with van der Waals surface area (Å²) in [5.74, 6) is 0.759. The van der Waals surface area contributed by atoms with Gasteiger partial charge in [0.05, 0.1) is 6.04 Å². The minimum atomic E-state index is 0.125. The average molecular weight is 216 g/mol. The summed E-state index contributed by atoms with van der Waals surface area (Å²) in [4.78, 5) is 14.0. The van der Waals surface area contributed by atoms with Crippen LogP contribution in [0.25, 0.3) is 0 Å². The molecule has 3 rings (SSSR count). The van der Waals surface area contributed by atoms with Crippen LogP contribution in [0.2, 0.25) is 0 Å². The number of rotatable bonds is 2. The van der Waals surface area contributed by atoms with Crippen LogP contribution < -0.4 is 5.32 Å². The maximum atomic E-state index is 11.7. The van der Waals surface area contributed by atoms with E-state index in [1.165, 1.54) is 5.56 Å². The van der Waals surface area contributed by atoms with Gasteiger partial charge in [-0.1, -0.05) is 30.3 Å². The molecule has 2 aliphatic rings. The zero-order valence-corrected chi connectivity index (χ0v) is 9.23. The van der Waals surface area contributed by atoms with Crippen molar-refractivity contribution in [2.24, 2.45) is 5.92 Å². The van der Waals surface area contributed by atoms with E-state index in [0.717, 1.165) is 26.1 Å². The Hall–Kier alpha value is -1.35. The Morgan fingerprint density at radius 2 is 2.12 bits per heavy atom. The molecular weight excluding hydrogens is 200 g/mol. The van der Waals surface area contributed by atoms with Crippen molar-refractivity contribution in [3.63, 3.8) is 0 Å². The van der Waals surface area contributed by atoms with Crippen LogP contribution in [0.5, 0.6) is 0 Å². The van der Waals surface area contributed by atoms with Gasteiger partial charge < -0.3 is 5.32 Å². The Kier molecular flexibility index (Phi) is 2.40. The molecule has 1 N–H and O–H groups in total. The number of fused-ring (bicyclic) bond motifs is 1. The van der Waals surface area contributed by atoms with E-state index in [4.69, 9.17) is 0 Å². The third kappa shape index (κ3) is 1.61. The number of carbonyl (C=O) groups is 1. The van der Waals surface area contributed by atoms with E-state index in [1.54, 1.807) is 0 Å². The number of nitrogens with zero attached hydrogens (tertiary/aromatic N) is 1. The minimum absolute atomic E-state index is 0.125. The van der Waals surface area contributed by atoms with Crippen molar-refractivity contribution in [1.29, 1.82) is 0 Å². The topological polar surface area (TPSA) is 32.3 Å². The lowest BCUT2D eigenvalue weighted by Crippen LogP contribution is -2.37. The van der Waals surface area contributed by atoms with Crippen molar-refractivity contribution in [3.05, 3.63) is 35.9 Å². The standard InChI is InChI=1S/C13H16N2O/c16-13-12-11(8-14-13)6-7-15(12)9-10-4-2-1-3-5-10/h1-5,11-12H,6-9H2,(H,14,16)/t11-,12-/m0/s1. The molecule has 2 fully saturated rings. The average Bonchev–Trinajstić information content (AvgIpc) is 2.86. The van der Waals surface area contributed by atoms with Crippen LogP contribution in [-0.2, 0) is 11.3 Å². The number of nitrogens with one attached hydrogen (secondary N) is 1. The Labute approximate surface area is 95.4 Å². The van der Waals surface area contributed by atoms with Crippen molar-refractivity contribution in [2.75, 3.05) is 13.1 Å². The molecule has 0 radical (unpaired) electrons. The number of carbonyl (C=O) groups excluding carboxylic acids is 1. The van der Waals surface area contributed by atoms with Gasteiger partial charge in [0, 0.05) is 19.0 Å². The molecule has 1 aromatic rings. The molecule has 16 heavy (non-hydrogen) atoms. The summed E-state index contributed by atoms with van der Waals surface area (Å²) in [6.45, 7) is 2.82. The van der Waals surface area contributed by atoms with Gasteiger partial charge in [0.2, 0.25) is 5.91 Å². The number of likely N-dealkylation sites (tertiary alicyclic amines) is 1. The number of hydrogen-bond acceptors (Lipinski definition) is 2. The molecule has 1 amide bonds. The van der Waals surface area contributed by atoms with Crippen LogP contribution in [0.3, 0.4) is 0 Å². The normalized spacial score (nSPS) is 29.1. The van der Waals surface area contributed by atoms with Crippen LogP contribution in [0.1, 0.15) is 12.0 Å². The van der Waals surface area contributed by atoms with Crippen LogP contribution in [0, 0.1) is 5.92 Å². The van der Waals surface area contributed by atoms with Crippen molar-refractivity contribution in [2.45, 2.75) is 19.0 Å². The Balaban J connectivity index is 1.74. The molecule has 0 aliphatic carbocycles. The molecule has 2 atom stereocenters. The smallest absolute Gasteiger partial charge is 0.237 e. The predicted octanol–water partition coefficient (Wildman–Crippen LogP) is 1.01. The molecule has 0 unspecified atom stereocenters. The molecule has 1 aromatic carbocycles. The fourth-order valence-electron chi connectivity index (χ4n) is 2.85. The van der Waals surface area contributed by atoms with Gasteiger partial charge in [-0.15, -0.1) is 0 Å². The molecule has 2 aliphatic heterocycles. The predicted molar refractivity (Wildman–Crippen MR) is 61.8 cm³/mol. The lowest BCUT2D eigenvalue weighted by atomic mass is 10.0. The molecule has 0 bridgehead atoms. The van der Waals surface area contributed by atoms with Gasteiger partial charge in [-0.3, -0.25) is 9.69 Å². The molecule has 0 spiro atoms. The minimum Gasteiger partial charge on any atom is -0.354 e. The SMILES string of the molecule is O=C1NC[C@@H]2CCN(Cc3ccccc3)[C@H]12. The zero-order valence-electron chi connectivity index (χ0n) is 9.23. The van der Waals surface area contributed by atoms with Gasteiger partial charge in [-0.2, -0.15) is 0 Å². The van der Waals surface area contributed by atoms with Gasteiger partial charge in [0.25, 0.3) is 0 Å². The molecular formula is C13H16N2O. The van der Waals surface area contributed by atoms with E-state index in [2.05, 4.69) is 34.5 Å². The monoisotopic (exact) mass is 216 g/mol. The fourth-order valence-corrected chi connectivity index (χ4v) is 2.85. The van der Waals surface area contributed by atoms with E-state index in [-0.39, 0.29) is 11.9 Å². The largest absolute Gasteiger partial charge is 0.354 e. The Morgan fingerprint density at radius 1 is 1.31 bits per heavy atom. The Bertz CT molecular complexity index is 390. The summed E-state index contributed by atoms with van der Waals surface area (Å²) in [5.41, 5.74) is 1.29. The van der Waals surface area contributed by atoms with Crippen molar-refractivity contribution < 1.29 is 4.79 Å². The first-order valence-corrected chi connectivity index (χ1v) is 5.90. The number of amides is 1. The van der Waals surface area contributed by atoms with E-state index in [9.17, 15) is 4.79 Å². The summed E-state index contributed by atoms with van der Waals surface area (Å²) in [6.07, 6.45) is 1.15. The van der Waals surface area contributed by atoms with Gasteiger partial charge in [-0.25, -0.2) is 0 Å². The summed E-state index contributed by atoms with van der Waals surface area (Å²) in [6, 6.07) is 10.5. The quantitative estimate of drug-likeness (QED) is 0.800. The van der Waals surface area contributed by atoms with E-state index in [1.807, 2.05) is 6.07 Å². The molecule has 0 saturated carbocycles. The first-order chi connectivity index (χ1) is 7.84. The van der Waals surface area contributed by atoms with E-state index >= 15 is 0 Å². The summed E-state index contributed by atoms with van der Waals surface area (Å²) < 4.78 is 0. The summed E-state index contributed by atoms with van der Waals surface area (Å²) in [5, 5.41) is 2.96. The molecule has 2 saturated heterocycles. The zero-order chi connectivity index (χ0) is 11.0. The third-order valence-corrected chi connectivity index (χ3v) is 3.66. The lowest BCUT2D eigenvalue weighted by molar-refractivity contribution is -0.123. The highest BCUT2D eigenvalue weighted by Crippen LogP contribution is 2.29. The van der Waals surface area contributed by atoms with E-state index in [0.29, 0.717) is 5.92 Å². The molecule has 84 valence electrons. The van der Waals surface area contributed by atoms with Crippen LogP contribution in [0.4, 0.5) is 0 Å². The highest BCUT2D eigenvalue weighted by molar-refractivity contribution is 5.84.